The summed E-state index contributed by atoms with van der Waals surface area (Å²) in [5.74, 6) is -0.573. The maximum Gasteiger partial charge on any atom is 0.341 e. The average molecular weight is 1160 g/mol. The van der Waals surface area contributed by atoms with E-state index in [1.807, 2.05) is 135 Å². The highest BCUT2D eigenvalue weighted by Crippen LogP contribution is 2.34. The molecule has 6 aromatic heterocycles. The molecule has 432 valence electrons. The van der Waals surface area contributed by atoms with E-state index in [1.54, 1.807) is 62.0 Å². The van der Waals surface area contributed by atoms with Crippen LogP contribution in [0.25, 0.3) is 55.2 Å². The van der Waals surface area contributed by atoms with Crippen molar-refractivity contribution >= 4 is 69.4 Å². The molecule has 0 bridgehead atoms. The number of nitrogens with one attached hydrogen (secondary N) is 3. The van der Waals surface area contributed by atoms with E-state index in [1.165, 1.54) is 20.4 Å². The van der Waals surface area contributed by atoms with Gasteiger partial charge in [0.1, 0.15) is 22.8 Å². The van der Waals surface area contributed by atoms with E-state index >= 15 is 0 Å². The summed E-state index contributed by atoms with van der Waals surface area (Å²) in [5.41, 5.74) is 19.3. The second-order valence-corrected chi connectivity index (χ2v) is 18.2. The number of benzene rings is 4. The van der Waals surface area contributed by atoms with Crippen LogP contribution in [-0.4, -0.2) is 104 Å². The number of methoxy groups -OCH3 is 2. The molecule has 10 aromatic rings. The van der Waals surface area contributed by atoms with E-state index in [-0.39, 0.29) is 58.2 Å². The van der Waals surface area contributed by atoms with Crippen LogP contribution in [0.4, 0.5) is 23.5 Å². The molecule has 84 heavy (non-hydrogen) atoms. The molecule has 8 N–H and O–H groups in total. The van der Waals surface area contributed by atoms with Gasteiger partial charge in [-0.1, -0.05) is 72.8 Å². The highest BCUT2D eigenvalue weighted by molar-refractivity contribution is 5.99. The number of amides is 1. The fraction of sp³-hybridized carbons (Fsp3) is 0.167. The quantitative estimate of drug-likeness (QED) is 0.0493. The number of nitrogens with zero attached hydrogens (tertiary/aromatic N) is 9. The third-order valence-corrected chi connectivity index (χ3v) is 13.1. The van der Waals surface area contributed by atoms with Gasteiger partial charge in [-0.15, -0.1) is 12.4 Å². The molecule has 0 spiro atoms. The van der Waals surface area contributed by atoms with E-state index in [2.05, 4.69) is 50.9 Å². The monoisotopic (exact) mass is 1160 g/mol. The van der Waals surface area contributed by atoms with Gasteiger partial charge in [0.2, 0.25) is 23.7 Å². The SMILES string of the molecule is CNOC.COc1cc(-c2cccc3cc([C@H](C)Nc4nc(N)ncc4C(=O)N(C)OC)n(-c4ccccc4)c(=O)c23)ccn1.COc1cc(-c2cccc3cc([C@H](C)Nc4nc(N)ncc4C(=O)O)n(-c4ccccc4)c(=O)c23)ccn1.Cl. The van der Waals surface area contributed by atoms with E-state index < -0.39 is 24.0 Å². The zero-order valence-corrected chi connectivity index (χ0v) is 47.8. The van der Waals surface area contributed by atoms with Crippen LogP contribution < -0.4 is 48.2 Å². The fourth-order valence-electron chi connectivity index (χ4n) is 9.08. The largest absolute Gasteiger partial charge is 0.481 e. The molecule has 1 amide bonds. The molecule has 6 heterocycles. The molecule has 10 rings (SSSR count). The Labute approximate surface area is 488 Å². The lowest BCUT2D eigenvalue weighted by Gasteiger charge is -2.23. The number of ether oxygens (including phenoxy) is 2. The Hall–Kier alpha value is -10.3. The van der Waals surface area contributed by atoms with E-state index in [9.17, 15) is 24.3 Å². The summed E-state index contributed by atoms with van der Waals surface area (Å²) in [6, 6.07) is 40.0. The number of fused-ring (bicyclic) bond motifs is 2. The molecule has 0 saturated carbocycles. The summed E-state index contributed by atoms with van der Waals surface area (Å²) in [6.07, 6.45) is 5.78. The summed E-state index contributed by atoms with van der Waals surface area (Å²) in [6.45, 7) is 3.70. The molecule has 0 aliphatic heterocycles. The predicted octanol–water partition coefficient (Wildman–Crippen LogP) is 8.73. The minimum atomic E-state index is -1.20. The summed E-state index contributed by atoms with van der Waals surface area (Å²) in [5, 5.41) is 19.6. The molecule has 4 aromatic carbocycles. The summed E-state index contributed by atoms with van der Waals surface area (Å²) in [4.78, 5) is 87.2. The van der Waals surface area contributed by atoms with Crippen LogP contribution >= 0.6 is 12.4 Å². The fourth-order valence-corrected chi connectivity index (χ4v) is 9.08. The molecular weight excluding hydrogens is 1100 g/mol. The standard InChI is InChI=1S/C30H29N7O4.C28H24N6O4.C2H7NO.ClH/c1-18(34-27-23(17-33-30(31)35-27)28(38)36(2)41-4)24-15-20-9-8-12-22(19-13-14-32-25(16-19)40-3)26(20)29(39)37(24)21-10-6-5-7-11-21;1-16(32-25-21(27(36)37)15-31-28(29)33-25)22-13-18-7-6-10-20(17-11-12-30-23(14-17)38-2)24(18)26(35)34(22)19-8-4-3-5-9-19;1-3-4-2;/h5-18H,1-4H3,(H3,31,33,34,35);3-16H,1-2H3,(H,36,37)(H3,29,31,32,33);3H,1-2H3;1H/t18-;16-;;/m00../s1. The number of aromatic carboxylic acids is 1. The number of halogens is 1. The summed E-state index contributed by atoms with van der Waals surface area (Å²) < 4.78 is 13.9. The van der Waals surface area contributed by atoms with Gasteiger partial charge in [0.15, 0.2) is 0 Å². The van der Waals surface area contributed by atoms with Crippen LogP contribution in [0.3, 0.4) is 0 Å². The maximum atomic E-state index is 14.4. The molecule has 0 radical (unpaired) electrons. The van der Waals surface area contributed by atoms with Crippen molar-refractivity contribution in [1.82, 2.24) is 49.6 Å². The maximum absolute atomic E-state index is 14.4. The van der Waals surface area contributed by atoms with Crippen molar-refractivity contribution in [2.24, 2.45) is 0 Å². The van der Waals surface area contributed by atoms with Crippen LogP contribution in [0.5, 0.6) is 11.8 Å². The predicted molar refractivity (Wildman–Crippen MR) is 325 cm³/mol. The molecule has 0 unspecified atom stereocenters. The van der Waals surface area contributed by atoms with Gasteiger partial charge in [0, 0.05) is 73.8 Å². The van der Waals surface area contributed by atoms with E-state index in [0.717, 1.165) is 44.3 Å². The number of hydrogen-bond donors (Lipinski definition) is 6. The van der Waals surface area contributed by atoms with Gasteiger partial charge in [0.25, 0.3) is 17.0 Å². The Balaban J connectivity index is 0.000000225. The first-order chi connectivity index (χ1) is 40.1. The number of carbonyl (C=O) groups is 2. The minimum absolute atomic E-state index is 0. The normalized spacial score (nSPS) is 11.4. The van der Waals surface area contributed by atoms with Gasteiger partial charge in [-0.05, 0) is 95.4 Å². The highest BCUT2D eigenvalue weighted by Gasteiger charge is 2.25. The number of hydroxylamine groups is 3. The van der Waals surface area contributed by atoms with Crippen LogP contribution in [0.2, 0.25) is 0 Å². The zero-order chi connectivity index (χ0) is 59.3. The summed E-state index contributed by atoms with van der Waals surface area (Å²) in [7, 11) is 9.24. The van der Waals surface area contributed by atoms with Gasteiger partial charge in [0.05, 0.1) is 51.3 Å². The van der Waals surface area contributed by atoms with Crippen molar-refractivity contribution in [2.45, 2.75) is 25.9 Å². The smallest absolute Gasteiger partial charge is 0.341 e. The van der Waals surface area contributed by atoms with Crippen molar-refractivity contribution < 1.29 is 33.8 Å². The average Bonchev–Trinajstić information content (AvgIpc) is 3.19. The van der Waals surface area contributed by atoms with Gasteiger partial charge in [-0.2, -0.15) is 9.97 Å². The second-order valence-electron chi connectivity index (χ2n) is 18.2. The number of hydrogen-bond acceptors (Lipinski definition) is 19. The third kappa shape index (κ3) is 13.5. The Kier molecular flexibility index (Phi) is 20.4. The first-order valence-electron chi connectivity index (χ1n) is 25.6. The van der Waals surface area contributed by atoms with Gasteiger partial charge < -0.3 is 41.5 Å². The van der Waals surface area contributed by atoms with Crippen LogP contribution in [0.15, 0.2) is 168 Å². The number of carbonyl (C=O) groups excluding carboxylic acids is 1. The van der Waals surface area contributed by atoms with Crippen LogP contribution in [-0.2, 0) is 9.68 Å². The molecule has 0 saturated heterocycles. The molecule has 2 atom stereocenters. The molecule has 0 aliphatic rings. The number of aromatic nitrogens is 8. The van der Waals surface area contributed by atoms with Crippen molar-refractivity contribution in [2.75, 3.05) is 64.6 Å². The lowest BCUT2D eigenvalue weighted by Crippen LogP contribution is -2.29. The minimum Gasteiger partial charge on any atom is -0.481 e. The number of nitrogens with two attached hydrogens (primary N) is 2. The Morgan fingerprint density at radius 1 is 0.595 bits per heavy atom. The molecule has 0 aliphatic carbocycles. The molecule has 23 nitrogen and oxygen atoms in total. The van der Waals surface area contributed by atoms with Gasteiger partial charge in [-0.25, -0.2) is 35.3 Å². The number of carboxylic acids is 1. The molecular formula is C60H61ClN14O9. The lowest BCUT2D eigenvalue weighted by atomic mass is 9.98. The first-order valence-corrected chi connectivity index (χ1v) is 25.6. The van der Waals surface area contributed by atoms with Crippen LogP contribution in [0, 0.1) is 0 Å². The van der Waals surface area contributed by atoms with Crippen molar-refractivity contribution in [1.29, 1.82) is 0 Å². The van der Waals surface area contributed by atoms with Crippen molar-refractivity contribution in [3.8, 4) is 45.4 Å². The zero-order valence-electron chi connectivity index (χ0n) is 47.0. The van der Waals surface area contributed by atoms with Crippen LogP contribution in [0.1, 0.15) is 58.0 Å². The Bertz CT molecular complexity index is 4080. The lowest BCUT2D eigenvalue weighted by molar-refractivity contribution is -0.0756. The number of carboxylic acid groups (broad SMARTS) is 1. The number of pyridine rings is 4. The van der Waals surface area contributed by atoms with E-state index in [4.69, 9.17) is 25.8 Å². The molecule has 0 fully saturated rings. The topological polar surface area (TPSA) is 304 Å². The first kappa shape index (κ1) is 61.3. The number of anilines is 4. The van der Waals surface area contributed by atoms with E-state index in [0.29, 0.717) is 45.3 Å². The van der Waals surface area contributed by atoms with Gasteiger partial charge in [-0.3, -0.25) is 28.4 Å². The van der Waals surface area contributed by atoms with Crippen molar-refractivity contribution in [3.63, 3.8) is 0 Å². The number of rotatable bonds is 16. The third-order valence-electron chi connectivity index (χ3n) is 13.1. The Morgan fingerprint density at radius 3 is 1.40 bits per heavy atom. The van der Waals surface area contributed by atoms with Crippen molar-refractivity contribution in [3.05, 3.63) is 201 Å². The molecule has 24 heteroatoms. The second kappa shape index (κ2) is 27.9. The number of nitrogen functional groups attached to an aromatic ring is 2. The summed E-state index contributed by atoms with van der Waals surface area (Å²) >= 11 is 0. The Morgan fingerprint density at radius 2 is 1.01 bits per heavy atom. The highest BCUT2D eigenvalue weighted by atomic mass is 35.5. The van der Waals surface area contributed by atoms with Gasteiger partial charge >= 0.3 is 5.97 Å². The number of para-hydroxylation sites is 2.